The van der Waals surface area contributed by atoms with Crippen LogP contribution < -0.4 is 5.32 Å². The number of fused-ring (bicyclic) bond motifs is 1. The summed E-state index contributed by atoms with van der Waals surface area (Å²) in [5, 5.41) is 15.8. The summed E-state index contributed by atoms with van der Waals surface area (Å²) in [4.78, 5) is 27.4. The van der Waals surface area contributed by atoms with E-state index in [1.807, 2.05) is 17.5 Å². The smallest absolute Gasteiger partial charge is 0.355 e. The maximum absolute atomic E-state index is 12.0. The van der Waals surface area contributed by atoms with E-state index in [2.05, 4.69) is 10.3 Å². The van der Waals surface area contributed by atoms with Gasteiger partial charge in [-0.15, -0.1) is 34.0 Å². The van der Waals surface area contributed by atoms with Crippen molar-refractivity contribution >= 4 is 55.3 Å². The molecule has 3 aromatic rings. The molecule has 0 radical (unpaired) electrons. The topological polar surface area (TPSA) is 79.3 Å². The van der Waals surface area contributed by atoms with E-state index < -0.39 is 5.97 Å². The van der Waals surface area contributed by atoms with Gasteiger partial charge in [-0.05, 0) is 17.5 Å². The van der Waals surface area contributed by atoms with Crippen LogP contribution in [0.2, 0.25) is 0 Å². The van der Waals surface area contributed by atoms with E-state index >= 15 is 0 Å². The summed E-state index contributed by atoms with van der Waals surface area (Å²) < 4.78 is 2.24. The lowest BCUT2D eigenvalue weighted by Crippen LogP contribution is -2.24. The van der Waals surface area contributed by atoms with E-state index in [4.69, 9.17) is 5.11 Å². The minimum absolute atomic E-state index is 0.0554. The summed E-state index contributed by atoms with van der Waals surface area (Å²) >= 11 is 4.38. The zero-order chi connectivity index (χ0) is 14.8. The molecule has 0 aliphatic rings. The number of carboxylic acids is 1. The molecule has 0 saturated carbocycles. The van der Waals surface area contributed by atoms with Crippen LogP contribution in [0.1, 0.15) is 25.2 Å². The van der Waals surface area contributed by atoms with E-state index in [-0.39, 0.29) is 11.6 Å². The quantitative estimate of drug-likeness (QED) is 0.749. The SMILES string of the molecule is O=C(O)c1csc(CCNC(=O)c2cc3sccc3s2)n1. The van der Waals surface area contributed by atoms with Crippen LogP contribution in [0.4, 0.5) is 0 Å². The largest absolute Gasteiger partial charge is 0.476 e. The Labute approximate surface area is 131 Å². The van der Waals surface area contributed by atoms with Gasteiger partial charge < -0.3 is 10.4 Å². The number of thiazole rings is 1. The van der Waals surface area contributed by atoms with Crippen molar-refractivity contribution in [2.75, 3.05) is 6.54 Å². The van der Waals surface area contributed by atoms with Crippen LogP contribution in [-0.4, -0.2) is 28.5 Å². The number of nitrogens with zero attached hydrogens (tertiary/aromatic N) is 1. The van der Waals surface area contributed by atoms with Crippen molar-refractivity contribution in [1.29, 1.82) is 0 Å². The molecular formula is C13H10N2O3S3. The molecule has 0 atom stereocenters. The Hall–Kier alpha value is -1.77. The van der Waals surface area contributed by atoms with Gasteiger partial charge in [-0.3, -0.25) is 4.79 Å². The van der Waals surface area contributed by atoms with Crippen molar-refractivity contribution in [1.82, 2.24) is 10.3 Å². The maximum atomic E-state index is 12.0. The third-order valence-corrected chi connectivity index (χ3v) is 5.76. The molecule has 0 fully saturated rings. The fraction of sp³-hybridized carbons (Fsp3) is 0.154. The molecule has 3 heterocycles. The maximum Gasteiger partial charge on any atom is 0.355 e. The second kappa shape index (κ2) is 5.92. The standard InChI is InChI=1S/C13H10N2O3S3/c16-12(10-5-9-8(21-10)2-4-19-9)14-3-1-11-15-7(6-20-11)13(17)18/h2,4-6H,1,3H2,(H,14,16)(H,17,18). The van der Waals surface area contributed by atoms with Gasteiger partial charge in [0.1, 0.15) is 0 Å². The van der Waals surface area contributed by atoms with Gasteiger partial charge in [0.05, 0.1) is 9.88 Å². The first kappa shape index (κ1) is 14.2. The summed E-state index contributed by atoms with van der Waals surface area (Å²) in [5.74, 6) is -1.13. The van der Waals surface area contributed by atoms with E-state index in [0.717, 1.165) is 9.40 Å². The van der Waals surface area contributed by atoms with Crippen LogP contribution in [0, 0.1) is 0 Å². The van der Waals surface area contributed by atoms with E-state index in [1.54, 1.807) is 11.3 Å². The number of hydrogen-bond acceptors (Lipinski definition) is 6. The van der Waals surface area contributed by atoms with E-state index in [0.29, 0.717) is 22.9 Å². The second-order valence-corrected chi connectivity index (χ2v) is 7.17. The number of carbonyl (C=O) groups excluding carboxylic acids is 1. The molecule has 0 bridgehead atoms. The number of rotatable bonds is 5. The predicted molar refractivity (Wildman–Crippen MR) is 84.8 cm³/mol. The Kier molecular flexibility index (Phi) is 4.00. The number of aromatic nitrogens is 1. The number of carboxylic acid groups (broad SMARTS) is 1. The Bertz CT molecular complexity index is 774. The highest BCUT2D eigenvalue weighted by Crippen LogP contribution is 2.29. The number of amides is 1. The Morgan fingerprint density at radius 1 is 1.29 bits per heavy atom. The fourth-order valence-electron chi connectivity index (χ4n) is 1.77. The molecular weight excluding hydrogens is 328 g/mol. The lowest BCUT2D eigenvalue weighted by Gasteiger charge is -2.01. The zero-order valence-corrected chi connectivity index (χ0v) is 13.1. The van der Waals surface area contributed by atoms with Crippen molar-refractivity contribution in [3.05, 3.63) is 38.5 Å². The summed E-state index contributed by atoms with van der Waals surface area (Å²) in [6.45, 7) is 0.441. The molecule has 3 aromatic heterocycles. The molecule has 1 amide bonds. The van der Waals surface area contributed by atoms with Gasteiger partial charge in [0.15, 0.2) is 5.69 Å². The minimum atomic E-state index is -1.03. The minimum Gasteiger partial charge on any atom is -0.476 e. The summed E-state index contributed by atoms with van der Waals surface area (Å²) in [6.07, 6.45) is 0.531. The summed E-state index contributed by atoms with van der Waals surface area (Å²) in [5.41, 5.74) is 0.0554. The number of aromatic carboxylic acids is 1. The van der Waals surface area contributed by atoms with Gasteiger partial charge in [0.25, 0.3) is 5.91 Å². The third kappa shape index (κ3) is 3.12. The van der Waals surface area contributed by atoms with E-state index in [9.17, 15) is 9.59 Å². The van der Waals surface area contributed by atoms with Crippen LogP contribution >= 0.6 is 34.0 Å². The highest BCUT2D eigenvalue weighted by molar-refractivity contribution is 7.27. The summed E-state index contributed by atoms with van der Waals surface area (Å²) in [6, 6.07) is 3.90. The van der Waals surface area contributed by atoms with Crippen molar-refractivity contribution in [2.24, 2.45) is 0 Å². The molecule has 0 aliphatic carbocycles. The monoisotopic (exact) mass is 338 g/mol. The van der Waals surface area contributed by atoms with Crippen molar-refractivity contribution < 1.29 is 14.7 Å². The average Bonchev–Trinajstić information content (AvgIpc) is 3.13. The van der Waals surface area contributed by atoms with Gasteiger partial charge in [-0.25, -0.2) is 9.78 Å². The number of carbonyl (C=O) groups is 2. The molecule has 0 aromatic carbocycles. The van der Waals surface area contributed by atoms with Crippen molar-refractivity contribution in [3.63, 3.8) is 0 Å². The molecule has 0 unspecified atom stereocenters. The average molecular weight is 338 g/mol. The Morgan fingerprint density at radius 2 is 2.14 bits per heavy atom. The lowest BCUT2D eigenvalue weighted by molar-refractivity contribution is 0.0690. The fourth-order valence-corrected chi connectivity index (χ4v) is 4.57. The lowest BCUT2D eigenvalue weighted by atomic mass is 10.4. The van der Waals surface area contributed by atoms with Gasteiger partial charge >= 0.3 is 5.97 Å². The molecule has 3 rings (SSSR count). The molecule has 8 heteroatoms. The van der Waals surface area contributed by atoms with Gasteiger partial charge in [0, 0.05) is 27.7 Å². The van der Waals surface area contributed by atoms with Crippen molar-refractivity contribution in [2.45, 2.75) is 6.42 Å². The third-order valence-electron chi connectivity index (χ3n) is 2.76. The highest BCUT2D eigenvalue weighted by Gasteiger charge is 2.12. The number of hydrogen-bond donors (Lipinski definition) is 2. The summed E-state index contributed by atoms with van der Waals surface area (Å²) in [7, 11) is 0. The van der Waals surface area contributed by atoms with Crippen LogP contribution in [-0.2, 0) is 6.42 Å². The number of thiophene rings is 2. The number of nitrogens with one attached hydrogen (secondary N) is 1. The van der Waals surface area contributed by atoms with Crippen LogP contribution in [0.5, 0.6) is 0 Å². The first-order valence-corrected chi connectivity index (χ1v) is 8.64. The van der Waals surface area contributed by atoms with Gasteiger partial charge in [0.2, 0.25) is 0 Å². The molecule has 0 saturated heterocycles. The van der Waals surface area contributed by atoms with Crippen LogP contribution in [0.25, 0.3) is 9.40 Å². The second-order valence-electron chi connectivity index (χ2n) is 4.20. The Morgan fingerprint density at radius 3 is 2.86 bits per heavy atom. The van der Waals surface area contributed by atoms with Crippen molar-refractivity contribution in [3.8, 4) is 0 Å². The predicted octanol–water partition coefficient (Wildman–Crippen LogP) is 3.09. The van der Waals surface area contributed by atoms with Gasteiger partial charge in [-0.2, -0.15) is 0 Å². The van der Waals surface area contributed by atoms with E-state index in [1.165, 1.54) is 28.1 Å². The first-order valence-electron chi connectivity index (χ1n) is 6.06. The zero-order valence-electron chi connectivity index (χ0n) is 10.7. The molecule has 0 spiro atoms. The first-order chi connectivity index (χ1) is 10.1. The Balaban J connectivity index is 1.55. The molecule has 21 heavy (non-hydrogen) atoms. The molecule has 0 aliphatic heterocycles. The molecule has 5 nitrogen and oxygen atoms in total. The molecule has 2 N–H and O–H groups in total. The normalized spacial score (nSPS) is 10.9. The van der Waals surface area contributed by atoms with Crippen LogP contribution in [0.3, 0.4) is 0 Å². The molecule has 108 valence electrons. The highest BCUT2D eigenvalue weighted by atomic mass is 32.1. The van der Waals surface area contributed by atoms with Gasteiger partial charge in [-0.1, -0.05) is 0 Å². The van der Waals surface area contributed by atoms with Crippen LogP contribution in [0.15, 0.2) is 22.9 Å².